The minimum atomic E-state index is -3.26. The van der Waals surface area contributed by atoms with E-state index in [2.05, 4.69) is 0 Å². The van der Waals surface area contributed by atoms with Gasteiger partial charge in [0.15, 0.2) is 9.84 Å². The molecule has 2 N–H and O–H groups in total. The Kier molecular flexibility index (Phi) is 6.35. The summed E-state index contributed by atoms with van der Waals surface area (Å²) in [4.78, 5) is 0.276. The summed E-state index contributed by atoms with van der Waals surface area (Å²) in [6, 6.07) is 7.99. The van der Waals surface area contributed by atoms with Gasteiger partial charge >= 0.3 is 0 Å². The van der Waals surface area contributed by atoms with Gasteiger partial charge in [0.1, 0.15) is 0 Å². The Morgan fingerprint density at radius 2 is 2.00 bits per heavy atom. The third-order valence-corrected chi connectivity index (χ3v) is 5.91. The fraction of sp³-hybridized carbons (Fsp3) is 0.462. The lowest BCUT2D eigenvalue weighted by molar-refractivity contribution is 0.597. The van der Waals surface area contributed by atoms with E-state index < -0.39 is 9.84 Å². The predicted molar refractivity (Wildman–Crippen MR) is 78.8 cm³/mol. The SMILES string of the molecule is CC(CCN)SCCS(=O)(=O)c1ccc(C#N)cc1. The van der Waals surface area contributed by atoms with Crippen molar-refractivity contribution in [3.63, 3.8) is 0 Å². The minimum Gasteiger partial charge on any atom is -0.330 e. The van der Waals surface area contributed by atoms with E-state index >= 15 is 0 Å². The predicted octanol–water partition coefficient (Wildman–Crippen LogP) is 1.80. The maximum atomic E-state index is 12.1. The van der Waals surface area contributed by atoms with Crippen LogP contribution in [0.5, 0.6) is 0 Å². The number of nitrogens with zero attached hydrogens (tertiary/aromatic N) is 1. The summed E-state index contributed by atoms with van der Waals surface area (Å²) >= 11 is 1.62. The summed E-state index contributed by atoms with van der Waals surface area (Å²) in [6.07, 6.45) is 0.890. The van der Waals surface area contributed by atoms with E-state index in [1.54, 1.807) is 11.8 Å². The second-order valence-corrected chi connectivity index (χ2v) is 7.87. The molecule has 0 saturated carbocycles. The van der Waals surface area contributed by atoms with Gasteiger partial charge in [-0.3, -0.25) is 0 Å². The molecule has 104 valence electrons. The molecule has 0 aliphatic heterocycles. The third-order valence-electron chi connectivity index (χ3n) is 2.67. The minimum absolute atomic E-state index is 0.110. The van der Waals surface area contributed by atoms with Gasteiger partial charge in [-0.2, -0.15) is 17.0 Å². The normalized spacial score (nSPS) is 12.9. The Bertz CT molecular complexity index is 533. The van der Waals surface area contributed by atoms with E-state index in [0.29, 0.717) is 23.1 Å². The Labute approximate surface area is 118 Å². The van der Waals surface area contributed by atoms with Gasteiger partial charge in [0, 0.05) is 11.0 Å². The highest BCUT2D eigenvalue weighted by Gasteiger charge is 2.14. The van der Waals surface area contributed by atoms with E-state index in [1.807, 2.05) is 13.0 Å². The Balaban J connectivity index is 2.58. The first-order chi connectivity index (χ1) is 8.99. The van der Waals surface area contributed by atoms with Crippen molar-refractivity contribution in [2.24, 2.45) is 5.73 Å². The molecule has 1 aromatic rings. The first-order valence-electron chi connectivity index (χ1n) is 6.04. The molecule has 0 fully saturated rings. The Morgan fingerprint density at radius 1 is 1.37 bits per heavy atom. The summed E-state index contributed by atoms with van der Waals surface area (Å²) in [6.45, 7) is 2.67. The van der Waals surface area contributed by atoms with Gasteiger partial charge in [-0.1, -0.05) is 6.92 Å². The van der Waals surface area contributed by atoms with E-state index in [9.17, 15) is 8.42 Å². The molecule has 0 saturated heterocycles. The molecule has 0 spiro atoms. The molecular weight excluding hydrogens is 280 g/mol. The standard InChI is InChI=1S/C13H18N2O2S2/c1-11(6-7-14)18-8-9-19(16,17)13-4-2-12(10-15)3-5-13/h2-5,11H,6-9,14H2,1H3. The Morgan fingerprint density at radius 3 is 2.53 bits per heavy atom. The van der Waals surface area contributed by atoms with Gasteiger partial charge in [0.05, 0.1) is 22.3 Å². The van der Waals surface area contributed by atoms with Crippen LogP contribution in [0, 0.1) is 11.3 Å². The van der Waals surface area contributed by atoms with Gasteiger partial charge < -0.3 is 5.73 Å². The van der Waals surface area contributed by atoms with Crippen molar-refractivity contribution in [1.82, 2.24) is 0 Å². The zero-order chi connectivity index (χ0) is 14.3. The number of nitrogens with two attached hydrogens (primary N) is 1. The van der Waals surface area contributed by atoms with Crippen molar-refractivity contribution >= 4 is 21.6 Å². The Hall–Kier alpha value is -1.03. The van der Waals surface area contributed by atoms with E-state index in [-0.39, 0.29) is 10.6 Å². The zero-order valence-electron chi connectivity index (χ0n) is 10.9. The summed E-state index contributed by atoms with van der Waals surface area (Å²) in [7, 11) is -3.26. The maximum absolute atomic E-state index is 12.1. The third kappa shape index (κ3) is 5.23. The molecule has 0 radical (unpaired) electrons. The number of thioether (sulfide) groups is 1. The van der Waals surface area contributed by atoms with Crippen LogP contribution in [0.4, 0.5) is 0 Å². The second-order valence-electron chi connectivity index (χ2n) is 4.21. The number of hydrogen-bond donors (Lipinski definition) is 1. The molecular formula is C13H18N2O2S2. The highest BCUT2D eigenvalue weighted by molar-refractivity contribution is 8.01. The molecule has 0 aliphatic rings. The average Bonchev–Trinajstić information content (AvgIpc) is 2.39. The smallest absolute Gasteiger partial charge is 0.179 e. The van der Waals surface area contributed by atoms with Crippen molar-refractivity contribution < 1.29 is 8.42 Å². The van der Waals surface area contributed by atoms with Crippen LogP contribution in [0.25, 0.3) is 0 Å². The van der Waals surface area contributed by atoms with Crippen LogP contribution in [0.2, 0.25) is 0 Å². The molecule has 0 aliphatic carbocycles. The van der Waals surface area contributed by atoms with Crippen molar-refractivity contribution in [3.8, 4) is 6.07 Å². The molecule has 19 heavy (non-hydrogen) atoms. The lowest BCUT2D eigenvalue weighted by Gasteiger charge is -2.09. The van der Waals surface area contributed by atoms with Crippen LogP contribution in [-0.2, 0) is 9.84 Å². The highest BCUT2D eigenvalue weighted by Crippen LogP contribution is 2.17. The highest BCUT2D eigenvalue weighted by atomic mass is 32.2. The number of sulfone groups is 1. The van der Waals surface area contributed by atoms with Crippen LogP contribution in [-0.4, -0.2) is 31.7 Å². The average molecular weight is 298 g/mol. The lowest BCUT2D eigenvalue weighted by Crippen LogP contribution is -2.12. The zero-order valence-corrected chi connectivity index (χ0v) is 12.5. The first-order valence-corrected chi connectivity index (χ1v) is 8.74. The molecule has 4 nitrogen and oxygen atoms in total. The molecule has 1 aromatic carbocycles. The molecule has 1 unspecified atom stereocenters. The van der Waals surface area contributed by atoms with Crippen LogP contribution in [0.3, 0.4) is 0 Å². The van der Waals surface area contributed by atoms with Gasteiger partial charge in [0.2, 0.25) is 0 Å². The molecule has 6 heteroatoms. The van der Waals surface area contributed by atoms with Gasteiger partial charge in [0.25, 0.3) is 0 Å². The molecule has 0 heterocycles. The topological polar surface area (TPSA) is 84.0 Å². The van der Waals surface area contributed by atoms with Crippen molar-refractivity contribution in [2.75, 3.05) is 18.1 Å². The molecule has 1 atom stereocenters. The van der Waals surface area contributed by atoms with Crippen LogP contribution in [0.1, 0.15) is 18.9 Å². The molecule has 0 amide bonds. The summed E-state index contributed by atoms with van der Waals surface area (Å²) in [5.74, 6) is 0.669. The van der Waals surface area contributed by atoms with E-state index in [4.69, 9.17) is 11.0 Å². The molecule has 1 rings (SSSR count). The quantitative estimate of drug-likeness (QED) is 0.830. The van der Waals surface area contributed by atoms with Gasteiger partial charge in [-0.25, -0.2) is 8.42 Å². The number of hydrogen-bond acceptors (Lipinski definition) is 5. The van der Waals surface area contributed by atoms with Crippen molar-refractivity contribution in [1.29, 1.82) is 5.26 Å². The monoisotopic (exact) mass is 298 g/mol. The molecule has 0 bridgehead atoms. The second kappa shape index (κ2) is 7.53. The van der Waals surface area contributed by atoms with Crippen LogP contribution >= 0.6 is 11.8 Å². The van der Waals surface area contributed by atoms with E-state index in [1.165, 1.54) is 24.3 Å². The van der Waals surface area contributed by atoms with Crippen molar-refractivity contribution in [3.05, 3.63) is 29.8 Å². The van der Waals surface area contributed by atoms with Gasteiger partial charge in [-0.05, 0) is 37.2 Å². The number of rotatable bonds is 7. The molecule has 0 aromatic heterocycles. The summed E-state index contributed by atoms with van der Waals surface area (Å²) in [5.41, 5.74) is 5.91. The fourth-order valence-electron chi connectivity index (χ4n) is 1.53. The summed E-state index contributed by atoms with van der Waals surface area (Å²) in [5, 5.41) is 9.05. The van der Waals surface area contributed by atoms with Crippen molar-refractivity contribution in [2.45, 2.75) is 23.5 Å². The first kappa shape index (κ1) is 16.0. The summed E-state index contributed by atoms with van der Waals surface area (Å²) < 4.78 is 24.1. The van der Waals surface area contributed by atoms with Crippen LogP contribution in [0.15, 0.2) is 29.2 Å². The number of benzene rings is 1. The fourth-order valence-corrected chi connectivity index (χ4v) is 4.29. The van der Waals surface area contributed by atoms with E-state index in [0.717, 1.165) is 6.42 Å². The largest absolute Gasteiger partial charge is 0.330 e. The van der Waals surface area contributed by atoms with Gasteiger partial charge in [-0.15, -0.1) is 0 Å². The number of nitriles is 1. The maximum Gasteiger partial charge on any atom is 0.179 e. The lowest BCUT2D eigenvalue weighted by atomic mass is 10.2. The van der Waals surface area contributed by atoms with Crippen LogP contribution < -0.4 is 5.73 Å².